The topological polar surface area (TPSA) is 146 Å². The van der Waals surface area contributed by atoms with Crippen molar-refractivity contribution in [2.24, 2.45) is 10.7 Å². The van der Waals surface area contributed by atoms with E-state index in [9.17, 15) is 9.00 Å². The normalized spacial score (nSPS) is 26.9. The Morgan fingerprint density at radius 1 is 1.35 bits per heavy atom. The molecule has 34 heavy (non-hydrogen) atoms. The van der Waals surface area contributed by atoms with Crippen LogP contribution in [0, 0.1) is 24.1 Å². The standard InChI is InChI=1S/C23H28FN7O2S/c1-14-10-15(11-25)12-27-18(14)20(32)30-17-7-6-16(24)19(29-17)22(2)13-34(33)23(3,21(26)31-22)8-4-5-9-28-34/h6-7,10,12,34H,4-5,8-9,13H2,1-3H3,(H2,26,31)(H,28,33)(H,29,30,32). The van der Waals surface area contributed by atoms with Crippen molar-refractivity contribution in [3.8, 4) is 6.07 Å². The van der Waals surface area contributed by atoms with Crippen molar-refractivity contribution in [2.45, 2.75) is 50.3 Å². The van der Waals surface area contributed by atoms with Gasteiger partial charge in [0.25, 0.3) is 5.91 Å². The Hall–Kier alpha value is -3.23. The average Bonchev–Trinajstić information content (AvgIpc) is 2.93. The van der Waals surface area contributed by atoms with E-state index < -0.39 is 32.1 Å². The number of carbonyl (C=O) groups excluding carboxylic acids is 1. The van der Waals surface area contributed by atoms with Crippen LogP contribution in [0.4, 0.5) is 10.2 Å². The van der Waals surface area contributed by atoms with Crippen molar-refractivity contribution in [2.75, 3.05) is 17.6 Å². The highest BCUT2D eigenvalue weighted by Gasteiger charge is 2.52. The summed E-state index contributed by atoms with van der Waals surface area (Å²) in [7, 11) is -3.08. The first kappa shape index (κ1) is 23.9. The zero-order valence-corrected chi connectivity index (χ0v) is 20.2. The Bertz CT molecular complexity index is 1290. The van der Waals surface area contributed by atoms with Crippen LogP contribution < -0.4 is 15.8 Å². The van der Waals surface area contributed by atoms with Crippen LogP contribution in [0.25, 0.3) is 0 Å². The van der Waals surface area contributed by atoms with Gasteiger partial charge in [-0.05, 0) is 67.5 Å². The minimum atomic E-state index is -3.08. The zero-order chi connectivity index (χ0) is 24.7. The molecule has 0 aromatic carbocycles. The molecular formula is C23H28FN7O2S. The van der Waals surface area contributed by atoms with Crippen LogP contribution in [-0.2, 0) is 15.7 Å². The van der Waals surface area contributed by atoms with E-state index in [1.807, 2.05) is 13.0 Å². The first-order chi connectivity index (χ1) is 16.0. The number of aromatic nitrogens is 2. The molecule has 1 saturated heterocycles. The number of aryl methyl sites for hydroxylation is 1. The van der Waals surface area contributed by atoms with Crippen molar-refractivity contribution in [3.63, 3.8) is 0 Å². The monoisotopic (exact) mass is 485 g/mol. The number of aliphatic imine (C=N–C) groups is 1. The van der Waals surface area contributed by atoms with E-state index in [4.69, 9.17) is 11.0 Å². The van der Waals surface area contributed by atoms with Gasteiger partial charge in [-0.2, -0.15) is 5.26 Å². The molecule has 180 valence electrons. The number of fused-ring (bicyclic) bond motifs is 1. The number of nitrogens with one attached hydrogen (secondary N) is 2. The molecule has 4 rings (SSSR count). The summed E-state index contributed by atoms with van der Waals surface area (Å²) < 4.78 is 31.5. The lowest BCUT2D eigenvalue weighted by atomic mass is 9.96. The van der Waals surface area contributed by atoms with Gasteiger partial charge < -0.3 is 11.1 Å². The van der Waals surface area contributed by atoms with E-state index in [2.05, 4.69) is 25.0 Å². The third kappa shape index (κ3) is 3.97. The van der Waals surface area contributed by atoms with Gasteiger partial charge in [0.05, 0.1) is 10.3 Å². The van der Waals surface area contributed by atoms with Gasteiger partial charge in [0.2, 0.25) is 0 Å². The SMILES string of the molecule is Cc1cc(C#N)cnc1C(=O)Nc1ccc(F)c(C2(C)C[SH]3(=O)NCCCCC3(C)C(N)=N2)n1. The minimum Gasteiger partial charge on any atom is -0.386 e. The Labute approximate surface area is 198 Å². The Morgan fingerprint density at radius 3 is 2.82 bits per heavy atom. The maximum atomic E-state index is 15.0. The van der Waals surface area contributed by atoms with Crippen molar-refractivity contribution < 1.29 is 13.4 Å². The highest BCUT2D eigenvalue weighted by Crippen LogP contribution is 2.43. The van der Waals surface area contributed by atoms with Crippen LogP contribution in [0.1, 0.15) is 60.4 Å². The first-order valence-electron chi connectivity index (χ1n) is 11.1. The van der Waals surface area contributed by atoms with Gasteiger partial charge in [0.15, 0.2) is 0 Å². The number of pyridine rings is 2. The summed E-state index contributed by atoms with van der Waals surface area (Å²) in [4.78, 5) is 25.8. The fraction of sp³-hybridized carbons (Fsp3) is 0.435. The number of nitrogens with two attached hydrogens (primary N) is 1. The Morgan fingerprint density at radius 2 is 2.12 bits per heavy atom. The molecule has 4 heterocycles. The van der Waals surface area contributed by atoms with Crippen molar-refractivity contribution in [1.29, 1.82) is 5.26 Å². The molecule has 0 bridgehead atoms. The molecule has 1 fully saturated rings. The summed E-state index contributed by atoms with van der Waals surface area (Å²) in [5, 5.41) is 11.6. The number of hydrogen-bond donors (Lipinski definition) is 4. The lowest BCUT2D eigenvalue weighted by molar-refractivity contribution is 0.102. The summed E-state index contributed by atoms with van der Waals surface area (Å²) in [5.74, 6) is -0.784. The van der Waals surface area contributed by atoms with E-state index in [1.165, 1.54) is 18.3 Å². The van der Waals surface area contributed by atoms with E-state index in [-0.39, 0.29) is 28.8 Å². The second kappa shape index (κ2) is 8.52. The Kier molecular flexibility index (Phi) is 5.99. The predicted molar refractivity (Wildman–Crippen MR) is 129 cm³/mol. The zero-order valence-electron chi connectivity index (χ0n) is 19.4. The van der Waals surface area contributed by atoms with Crippen molar-refractivity contribution in [1.82, 2.24) is 14.7 Å². The fourth-order valence-corrected chi connectivity index (χ4v) is 8.03. The summed E-state index contributed by atoms with van der Waals surface area (Å²) in [6.07, 6.45) is 3.70. The van der Waals surface area contributed by atoms with Gasteiger partial charge in [-0.25, -0.2) is 14.4 Å². The molecule has 11 heteroatoms. The molecule has 0 spiro atoms. The van der Waals surface area contributed by atoms with E-state index >= 15 is 4.39 Å². The molecule has 2 atom stereocenters. The molecule has 0 radical (unpaired) electrons. The molecule has 2 aliphatic rings. The van der Waals surface area contributed by atoms with Gasteiger partial charge in [-0.1, -0.05) is 6.42 Å². The molecule has 0 aliphatic carbocycles. The highest BCUT2D eigenvalue weighted by atomic mass is 32.3. The van der Waals surface area contributed by atoms with Crippen LogP contribution >= 0.6 is 0 Å². The third-order valence-electron chi connectivity index (χ3n) is 6.72. The molecule has 2 aromatic heterocycles. The fourth-order valence-electron chi connectivity index (χ4n) is 4.67. The van der Waals surface area contributed by atoms with Crippen LogP contribution in [-0.4, -0.2) is 43.0 Å². The van der Waals surface area contributed by atoms with Crippen molar-refractivity contribution in [3.05, 3.63) is 52.7 Å². The quantitative estimate of drug-likeness (QED) is 0.490. The number of carbonyl (C=O) groups is 1. The Balaban J connectivity index is 1.69. The molecule has 1 amide bonds. The summed E-state index contributed by atoms with van der Waals surface area (Å²) >= 11 is 0. The molecule has 2 aliphatic heterocycles. The molecule has 2 unspecified atom stereocenters. The second-order valence-corrected chi connectivity index (χ2v) is 12.4. The van der Waals surface area contributed by atoms with Crippen LogP contribution in [0.2, 0.25) is 0 Å². The predicted octanol–water partition coefficient (Wildman–Crippen LogP) is 2.10. The molecule has 4 N–H and O–H groups in total. The van der Waals surface area contributed by atoms with Crippen molar-refractivity contribution >= 4 is 27.7 Å². The van der Waals surface area contributed by atoms with Crippen LogP contribution in [0.5, 0.6) is 0 Å². The highest BCUT2D eigenvalue weighted by molar-refractivity contribution is 8.03. The number of nitrogens with zero attached hydrogens (tertiary/aromatic N) is 4. The van der Waals surface area contributed by atoms with Gasteiger partial charge >= 0.3 is 0 Å². The van der Waals surface area contributed by atoms with E-state index in [0.29, 0.717) is 24.1 Å². The molecule has 9 nitrogen and oxygen atoms in total. The smallest absolute Gasteiger partial charge is 0.275 e. The minimum absolute atomic E-state index is 0.0407. The number of amides is 1. The lowest BCUT2D eigenvalue weighted by Gasteiger charge is -2.48. The second-order valence-electron chi connectivity index (χ2n) is 9.29. The molecule has 2 aromatic rings. The van der Waals surface area contributed by atoms with Gasteiger partial charge in [0, 0.05) is 18.5 Å². The maximum absolute atomic E-state index is 15.0. The number of thiol groups is 1. The average molecular weight is 486 g/mol. The molecular weight excluding hydrogens is 457 g/mol. The number of hydrogen-bond acceptors (Lipinski definition) is 7. The number of rotatable bonds is 3. The molecule has 0 saturated carbocycles. The van der Waals surface area contributed by atoms with Gasteiger partial charge in [0.1, 0.15) is 40.5 Å². The van der Waals surface area contributed by atoms with Crippen LogP contribution in [0.15, 0.2) is 29.4 Å². The van der Waals surface area contributed by atoms with Gasteiger partial charge in [-0.15, -0.1) is 0 Å². The summed E-state index contributed by atoms with van der Waals surface area (Å²) in [6.45, 7) is 5.78. The van der Waals surface area contributed by atoms with Crippen LogP contribution in [0.3, 0.4) is 0 Å². The number of anilines is 1. The lowest BCUT2D eigenvalue weighted by Crippen LogP contribution is -2.64. The van der Waals surface area contributed by atoms with E-state index in [1.54, 1.807) is 19.9 Å². The number of halogens is 1. The largest absolute Gasteiger partial charge is 0.386 e. The number of amidine groups is 1. The number of nitriles is 1. The van der Waals surface area contributed by atoms with E-state index in [0.717, 1.165) is 12.8 Å². The summed E-state index contributed by atoms with van der Waals surface area (Å²) in [6, 6.07) is 6.06. The van der Waals surface area contributed by atoms with Gasteiger partial charge in [-0.3, -0.25) is 18.7 Å². The third-order valence-corrected chi connectivity index (χ3v) is 10.6. The first-order valence-corrected chi connectivity index (χ1v) is 13.0. The summed E-state index contributed by atoms with van der Waals surface area (Å²) in [5.41, 5.74) is 6.03. The maximum Gasteiger partial charge on any atom is 0.275 e.